The number of nitrogens with zero attached hydrogens (tertiary/aromatic N) is 1. The van der Waals surface area contributed by atoms with E-state index in [1.54, 1.807) is 12.4 Å². The largest absolute Gasteiger partial charge is 0.397 e. The lowest BCUT2D eigenvalue weighted by atomic mass is 10.3. The van der Waals surface area contributed by atoms with E-state index < -0.39 is 0 Å². The Morgan fingerprint density at radius 1 is 1.50 bits per heavy atom. The molecule has 0 spiro atoms. The second-order valence-corrected chi connectivity index (χ2v) is 2.62. The third-order valence-electron chi connectivity index (χ3n) is 1.73. The summed E-state index contributed by atoms with van der Waals surface area (Å²) >= 11 is 0. The molecular formula is C8H10ClN3. The van der Waals surface area contributed by atoms with Gasteiger partial charge >= 0.3 is 0 Å². The van der Waals surface area contributed by atoms with E-state index in [0.29, 0.717) is 0 Å². The number of halogens is 1. The molecule has 3 N–H and O–H groups in total. The Kier molecular flexibility index (Phi) is 2.24. The smallest absolute Gasteiger partial charge is 0.0587 e. The van der Waals surface area contributed by atoms with Crippen molar-refractivity contribution in [3.8, 4) is 0 Å². The lowest BCUT2D eigenvalue weighted by Crippen LogP contribution is -1.82. The van der Waals surface area contributed by atoms with Crippen LogP contribution in [0.1, 0.15) is 5.69 Å². The van der Waals surface area contributed by atoms with Gasteiger partial charge in [0.25, 0.3) is 0 Å². The quantitative estimate of drug-likeness (QED) is 0.655. The van der Waals surface area contributed by atoms with E-state index in [-0.39, 0.29) is 12.4 Å². The first-order valence-corrected chi connectivity index (χ1v) is 3.46. The molecule has 0 amide bonds. The van der Waals surface area contributed by atoms with Gasteiger partial charge in [0.15, 0.2) is 0 Å². The molecule has 0 saturated heterocycles. The van der Waals surface area contributed by atoms with Gasteiger partial charge in [-0.1, -0.05) is 0 Å². The van der Waals surface area contributed by atoms with Crippen LogP contribution < -0.4 is 5.73 Å². The van der Waals surface area contributed by atoms with Gasteiger partial charge in [0.2, 0.25) is 0 Å². The molecule has 0 bridgehead atoms. The van der Waals surface area contributed by atoms with Crippen LogP contribution in [0.15, 0.2) is 18.5 Å². The molecule has 0 aliphatic heterocycles. The predicted octanol–water partition coefficient (Wildman–Crippen LogP) is 1.88. The first-order valence-electron chi connectivity index (χ1n) is 3.46. The fraction of sp³-hybridized carbons (Fsp3) is 0.125. The summed E-state index contributed by atoms with van der Waals surface area (Å²) in [5, 5.41) is 0.996. The van der Waals surface area contributed by atoms with E-state index in [0.717, 1.165) is 22.3 Å². The molecule has 4 heteroatoms. The molecule has 2 rings (SSSR count). The maximum atomic E-state index is 5.66. The summed E-state index contributed by atoms with van der Waals surface area (Å²) in [6, 6.07) is 1.98. The Morgan fingerprint density at radius 3 is 3.00 bits per heavy atom. The number of aromatic nitrogens is 2. The minimum atomic E-state index is 0. The molecule has 0 atom stereocenters. The van der Waals surface area contributed by atoms with Gasteiger partial charge in [-0.3, -0.25) is 4.98 Å². The normalized spacial score (nSPS) is 9.75. The summed E-state index contributed by atoms with van der Waals surface area (Å²) in [5.74, 6) is 0. The predicted molar refractivity (Wildman–Crippen MR) is 52.5 cm³/mol. The zero-order chi connectivity index (χ0) is 7.84. The number of aryl methyl sites for hydroxylation is 1. The number of anilines is 1. The molecule has 2 aromatic rings. The molecule has 0 fully saturated rings. The maximum absolute atomic E-state index is 5.66. The van der Waals surface area contributed by atoms with Crippen molar-refractivity contribution in [3.05, 3.63) is 24.2 Å². The maximum Gasteiger partial charge on any atom is 0.0587 e. The Balaban J connectivity index is 0.000000720. The number of fused-ring (bicyclic) bond motifs is 1. The molecule has 2 aromatic heterocycles. The number of hydrogen-bond donors (Lipinski definition) is 2. The average Bonchev–Trinajstić information content (AvgIpc) is 2.32. The number of nitrogens with one attached hydrogen (secondary N) is 1. The summed E-state index contributed by atoms with van der Waals surface area (Å²) in [7, 11) is 0. The van der Waals surface area contributed by atoms with Gasteiger partial charge in [-0.25, -0.2) is 0 Å². The Morgan fingerprint density at radius 2 is 2.25 bits per heavy atom. The third kappa shape index (κ3) is 1.23. The highest BCUT2D eigenvalue weighted by Gasteiger charge is 1.98. The molecule has 0 saturated carbocycles. The van der Waals surface area contributed by atoms with E-state index in [1.165, 1.54) is 0 Å². The third-order valence-corrected chi connectivity index (χ3v) is 1.73. The molecule has 0 aromatic carbocycles. The molecule has 0 aliphatic rings. The number of pyridine rings is 1. The Labute approximate surface area is 76.4 Å². The van der Waals surface area contributed by atoms with Gasteiger partial charge in [0, 0.05) is 23.5 Å². The first-order chi connectivity index (χ1) is 5.27. The number of nitrogens with two attached hydrogens (primary N) is 1. The van der Waals surface area contributed by atoms with Crippen LogP contribution in [-0.4, -0.2) is 9.97 Å². The van der Waals surface area contributed by atoms with Gasteiger partial charge in [-0.15, -0.1) is 12.4 Å². The minimum absolute atomic E-state index is 0. The van der Waals surface area contributed by atoms with E-state index in [1.807, 2.05) is 13.0 Å². The van der Waals surface area contributed by atoms with Crippen molar-refractivity contribution in [2.75, 3.05) is 5.73 Å². The van der Waals surface area contributed by atoms with E-state index in [2.05, 4.69) is 9.97 Å². The molecular weight excluding hydrogens is 174 g/mol. The Hall–Kier alpha value is -1.22. The van der Waals surface area contributed by atoms with E-state index >= 15 is 0 Å². The van der Waals surface area contributed by atoms with Crippen LogP contribution in [0.4, 0.5) is 5.69 Å². The average molecular weight is 184 g/mol. The molecule has 64 valence electrons. The van der Waals surface area contributed by atoms with Gasteiger partial charge < -0.3 is 10.7 Å². The van der Waals surface area contributed by atoms with Crippen LogP contribution in [0, 0.1) is 6.92 Å². The monoisotopic (exact) mass is 183 g/mol. The lowest BCUT2D eigenvalue weighted by Gasteiger charge is -1.91. The summed E-state index contributed by atoms with van der Waals surface area (Å²) < 4.78 is 0. The second kappa shape index (κ2) is 3.03. The van der Waals surface area contributed by atoms with Crippen LogP contribution in [0.5, 0.6) is 0 Å². The van der Waals surface area contributed by atoms with Crippen molar-refractivity contribution in [2.24, 2.45) is 0 Å². The molecule has 12 heavy (non-hydrogen) atoms. The molecule has 2 heterocycles. The minimum Gasteiger partial charge on any atom is -0.397 e. The van der Waals surface area contributed by atoms with Crippen molar-refractivity contribution >= 4 is 29.0 Å². The van der Waals surface area contributed by atoms with Crippen LogP contribution >= 0.6 is 12.4 Å². The zero-order valence-corrected chi connectivity index (χ0v) is 7.48. The SMILES string of the molecule is Cc1cc2[nH]cc(N)c2cn1.Cl. The highest BCUT2D eigenvalue weighted by molar-refractivity contribution is 5.90. The highest BCUT2D eigenvalue weighted by Crippen LogP contribution is 2.18. The molecule has 0 radical (unpaired) electrons. The van der Waals surface area contributed by atoms with Crippen LogP contribution in [0.3, 0.4) is 0 Å². The van der Waals surface area contributed by atoms with Crippen LogP contribution in [-0.2, 0) is 0 Å². The van der Waals surface area contributed by atoms with E-state index in [9.17, 15) is 0 Å². The van der Waals surface area contributed by atoms with Gasteiger partial charge in [-0.2, -0.15) is 0 Å². The summed E-state index contributed by atoms with van der Waals surface area (Å²) in [4.78, 5) is 7.20. The van der Waals surface area contributed by atoms with Crippen LogP contribution in [0.2, 0.25) is 0 Å². The Bertz CT molecular complexity index is 394. The molecule has 0 unspecified atom stereocenters. The lowest BCUT2D eigenvalue weighted by molar-refractivity contribution is 1.22. The standard InChI is InChI=1S/C8H9N3.ClH/c1-5-2-8-6(3-10-5)7(9)4-11-8;/h2-4,11H,9H2,1H3;1H. The van der Waals surface area contributed by atoms with E-state index in [4.69, 9.17) is 5.73 Å². The van der Waals surface area contributed by atoms with Crippen molar-refractivity contribution < 1.29 is 0 Å². The van der Waals surface area contributed by atoms with Crippen molar-refractivity contribution in [1.29, 1.82) is 0 Å². The van der Waals surface area contributed by atoms with Gasteiger partial charge in [0.1, 0.15) is 0 Å². The summed E-state index contributed by atoms with van der Waals surface area (Å²) in [5.41, 5.74) is 8.46. The van der Waals surface area contributed by atoms with Crippen molar-refractivity contribution in [3.63, 3.8) is 0 Å². The van der Waals surface area contributed by atoms with Crippen molar-refractivity contribution in [2.45, 2.75) is 6.92 Å². The zero-order valence-electron chi connectivity index (χ0n) is 6.66. The summed E-state index contributed by atoms with van der Waals surface area (Å²) in [6.45, 7) is 1.95. The topological polar surface area (TPSA) is 54.7 Å². The van der Waals surface area contributed by atoms with Gasteiger partial charge in [0.05, 0.1) is 11.2 Å². The number of rotatable bonds is 0. The first kappa shape index (κ1) is 8.87. The number of H-pyrrole nitrogens is 1. The highest BCUT2D eigenvalue weighted by atomic mass is 35.5. The molecule has 3 nitrogen and oxygen atoms in total. The summed E-state index contributed by atoms with van der Waals surface area (Å²) in [6.07, 6.45) is 3.57. The number of aromatic amines is 1. The number of hydrogen-bond acceptors (Lipinski definition) is 2. The fourth-order valence-electron chi connectivity index (χ4n) is 1.14. The second-order valence-electron chi connectivity index (χ2n) is 2.62. The van der Waals surface area contributed by atoms with Gasteiger partial charge in [-0.05, 0) is 13.0 Å². The molecule has 0 aliphatic carbocycles. The van der Waals surface area contributed by atoms with Crippen molar-refractivity contribution in [1.82, 2.24) is 9.97 Å². The number of nitrogen functional groups attached to an aromatic ring is 1. The van der Waals surface area contributed by atoms with Crippen LogP contribution in [0.25, 0.3) is 10.9 Å². The fourth-order valence-corrected chi connectivity index (χ4v) is 1.14.